The fourth-order valence-electron chi connectivity index (χ4n) is 1.51. The van der Waals surface area contributed by atoms with Crippen LogP contribution in [0.15, 0.2) is 21.5 Å². The van der Waals surface area contributed by atoms with E-state index in [1.54, 1.807) is 13.8 Å². The van der Waals surface area contributed by atoms with Gasteiger partial charge in [0.25, 0.3) is 0 Å². The zero-order chi connectivity index (χ0) is 16.0. The first-order valence-corrected chi connectivity index (χ1v) is 6.32. The molecule has 8 heteroatoms. The van der Waals surface area contributed by atoms with E-state index in [-0.39, 0.29) is 18.3 Å². The van der Waals surface area contributed by atoms with E-state index in [1.807, 2.05) is 0 Å². The van der Waals surface area contributed by atoms with Crippen molar-refractivity contribution in [2.75, 3.05) is 0 Å². The third kappa shape index (κ3) is 4.83. The summed E-state index contributed by atoms with van der Waals surface area (Å²) < 4.78 is 9.61. The van der Waals surface area contributed by atoms with E-state index >= 15 is 0 Å². The molecule has 1 unspecified atom stereocenters. The van der Waals surface area contributed by atoms with Crippen molar-refractivity contribution in [1.29, 1.82) is 0 Å². The van der Waals surface area contributed by atoms with Gasteiger partial charge >= 0.3 is 12.1 Å². The molecule has 1 aromatic heterocycles. The smallest absolute Gasteiger partial charge is 0.408 e. The molecule has 2 atom stereocenters. The van der Waals surface area contributed by atoms with E-state index in [2.05, 4.69) is 5.32 Å². The molecular formula is C13H17NO7. The van der Waals surface area contributed by atoms with E-state index in [0.717, 1.165) is 12.3 Å². The van der Waals surface area contributed by atoms with E-state index in [4.69, 9.17) is 19.4 Å². The predicted octanol–water partition coefficient (Wildman–Crippen LogP) is 1.07. The number of hydrogen-bond donors (Lipinski definition) is 3. The molecule has 0 bridgehead atoms. The Kier molecular flexibility index (Phi) is 5.77. The highest BCUT2D eigenvalue weighted by Gasteiger charge is 2.25. The van der Waals surface area contributed by atoms with Gasteiger partial charge in [-0.1, -0.05) is 20.3 Å². The van der Waals surface area contributed by atoms with Crippen molar-refractivity contribution < 1.29 is 29.0 Å². The van der Waals surface area contributed by atoms with E-state index in [1.165, 1.54) is 0 Å². The fraction of sp³-hybridized carbons (Fsp3) is 0.462. The highest BCUT2D eigenvalue weighted by Crippen LogP contribution is 2.09. The van der Waals surface area contributed by atoms with Gasteiger partial charge in [0.1, 0.15) is 18.1 Å². The minimum absolute atomic E-state index is 0.0309. The quantitative estimate of drug-likeness (QED) is 0.717. The summed E-state index contributed by atoms with van der Waals surface area (Å²) in [5.41, 5.74) is -0.664. The number of carboxylic acids is 1. The maximum absolute atomic E-state index is 11.5. The molecule has 0 aromatic carbocycles. The lowest BCUT2D eigenvalue weighted by Crippen LogP contribution is -2.45. The van der Waals surface area contributed by atoms with E-state index < -0.39 is 29.3 Å². The number of carbonyl (C=O) groups excluding carboxylic acids is 1. The molecule has 0 aliphatic heterocycles. The molecule has 1 rings (SSSR count). The second kappa shape index (κ2) is 7.32. The summed E-state index contributed by atoms with van der Waals surface area (Å²) in [6, 6.07) is -0.0827. The zero-order valence-corrected chi connectivity index (χ0v) is 11.7. The number of aliphatic carboxylic acids is 1. The van der Waals surface area contributed by atoms with Crippen molar-refractivity contribution in [2.24, 2.45) is 5.92 Å². The maximum atomic E-state index is 11.5. The molecular weight excluding hydrogens is 282 g/mol. The Morgan fingerprint density at radius 3 is 2.67 bits per heavy atom. The summed E-state index contributed by atoms with van der Waals surface area (Å²) in [6.45, 7) is 3.14. The third-order valence-electron chi connectivity index (χ3n) is 2.96. The molecule has 1 amide bonds. The Labute approximate surface area is 120 Å². The van der Waals surface area contributed by atoms with Gasteiger partial charge in [-0.15, -0.1) is 0 Å². The number of carbonyl (C=O) groups is 2. The SMILES string of the molecule is CCC(C)[C@H](NC(=O)OCc1cc(=O)c(O)co1)C(=O)O. The first kappa shape index (κ1) is 16.5. The average Bonchev–Trinajstić information content (AvgIpc) is 2.44. The van der Waals surface area contributed by atoms with Gasteiger partial charge in [-0.25, -0.2) is 9.59 Å². The van der Waals surface area contributed by atoms with E-state index in [9.17, 15) is 14.4 Å². The molecule has 0 saturated heterocycles. The van der Waals surface area contributed by atoms with Crippen LogP contribution in [0.4, 0.5) is 4.79 Å². The zero-order valence-electron chi connectivity index (χ0n) is 11.7. The number of alkyl carbamates (subject to hydrolysis) is 1. The summed E-state index contributed by atoms with van der Waals surface area (Å²) in [4.78, 5) is 33.7. The topological polar surface area (TPSA) is 126 Å². The van der Waals surface area contributed by atoms with Crippen LogP contribution in [0.2, 0.25) is 0 Å². The molecule has 0 fully saturated rings. The van der Waals surface area contributed by atoms with Crippen LogP contribution in [-0.2, 0) is 16.1 Å². The summed E-state index contributed by atoms with van der Waals surface area (Å²) in [5.74, 6) is -1.94. The molecule has 116 valence electrons. The molecule has 0 spiro atoms. The molecule has 1 heterocycles. The second-order valence-electron chi connectivity index (χ2n) is 4.52. The summed E-state index contributed by atoms with van der Waals surface area (Å²) in [5, 5.41) is 20.2. The van der Waals surface area contributed by atoms with Gasteiger partial charge < -0.3 is 24.7 Å². The maximum Gasteiger partial charge on any atom is 0.408 e. The van der Waals surface area contributed by atoms with E-state index in [0.29, 0.717) is 6.42 Å². The lowest BCUT2D eigenvalue weighted by atomic mass is 10.00. The minimum Gasteiger partial charge on any atom is -0.502 e. The van der Waals surface area contributed by atoms with Crippen LogP contribution < -0.4 is 10.7 Å². The molecule has 0 radical (unpaired) electrons. The molecule has 3 N–H and O–H groups in total. The van der Waals surface area contributed by atoms with Gasteiger partial charge in [0.05, 0.1) is 0 Å². The number of aromatic hydroxyl groups is 1. The number of hydrogen-bond acceptors (Lipinski definition) is 6. The van der Waals surface area contributed by atoms with Gasteiger partial charge in [0.15, 0.2) is 12.4 Å². The van der Waals surface area contributed by atoms with Gasteiger partial charge in [-0.05, 0) is 5.92 Å². The van der Waals surface area contributed by atoms with Gasteiger partial charge in [0, 0.05) is 6.07 Å². The standard InChI is InChI=1S/C13H17NO7/c1-3-7(2)11(12(17)18)14-13(19)21-5-8-4-9(15)10(16)6-20-8/h4,6-7,11,16H,3,5H2,1-2H3,(H,14,19)(H,17,18)/t7?,11-/m0/s1. The Balaban J connectivity index is 2.58. The Hall–Kier alpha value is -2.51. The normalized spacial score (nSPS) is 13.2. The molecule has 0 saturated carbocycles. The monoisotopic (exact) mass is 299 g/mol. The van der Waals surface area contributed by atoms with Crippen molar-refractivity contribution in [1.82, 2.24) is 5.32 Å². The molecule has 8 nitrogen and oxygen atoms in total. The van der Waals surface area contributed by atoms with Crippen molar-refractivity contribution in [3.8, 4) is 5.75 Å². The van der Waals surface area contributed by atoms with Crippen LogP contribution in [0, 0.1) is 5.92 Å². The molecule has 0 aliphatic carbocycles. The number of rotatable bonds is 6. The first-order valence-electron chi connectivity index (χ1n) is 6.32. The lowest BCUT2D eigenvalue weighted by molar-refractivity contribution is -0.140. The van der Waals surface area contributed by atoms with Crippen LogP contribution >= 0.6 is 0 Å². The van der Waals surface area contributed by atoms with Crippen molar-refractivity contribution in [3.05, 3.63) is 28.3 Å². The third-order valence-corrected chi connectivity index (χ3v) is 2.96. The predicted molar refractivity (Wildman–Crippen MR) is 70.8 cm³/mol. The Bertz CT molecular complexity index is 566. The highest BCUT2D eigenvalue weighted by molar-refractivity contribution is 5.80. The van der Waals surface area contributed by atoms with Crippen LogP contribution in [-0.4, -0.2) is 28.3 Å². The largest absolute Gasteiger partial charge is 0.502 e. The number of carboxylic acid groups (broad SMARTS) is 1. The van der Waals surface area contributed by atoms with Crippen molar-refractivity contribution in [3.63, 3.8) is 0 Å². The van der Waals surface area contributed by atoms with Crippen molar-refractivity contribution in [2.45, 2.75) is 32.9 Å². The molecule has 0 aliphatic rings. The van der Waals surface area contributed by atoms with Crippen molar-refractivity contribution >= 4 is 12.1 Å². The summed E-state index contributed by atoms with van der Waals surface area (Å²) in [6.07, 6.45) is 0.473. The number of ether oxygens (including phenoxy) is 1. The Morgan fingerprint density at radius 2 is 2.14 bits per heavy atom. The van der Waals surface area contributed by atoms with Crippen LogP contribution in [0.5, 0.6) is 5.75 Å². The summed E-state index contributed by atoms with van der Waals surface area (Å²) in [7, 11) is 0. The first-order chi connectivity index (χ1) is 9.85. The molecule has 21 heavy (non-hydrogen) atoms. The van der Waals surface area contributed by atoms with Crippen LogP contribution in [0.1, 0.15) is 26.0 Å². The second-order valence-corrected chi connectivity index (χ2v) is 4.52. The van der Waals surface area contributed by atoms with Gasteiger partial charge in [-0.2, -0.15) is 0 Å². The number of nitrogens with one attached hydrogen (secondary N) is 1. The summed E-state index contributed by atoms with van der Waals surface area (Å²) >= 11 is 0. The van der Waals surface area contributed by atoms with Gasteiger partial charge in [0.2, 0.25) is 5.43 Å². The highest BCUT2D eigenvalue weighted by atomic mass is 16.6. The fourth-order valence-corrected chi connectivity index (χ4v) is 1.51. The number of amides is 1. The Morgan fingerprint density at radius 1 is 1.48 bits per heavy atom. The van der Waals surface area contributed by atoms with Gasteiger partial charge in [-0.3, -0.25) is 4.79 Å². The molecule has 1 aromatic rings. The lowest BCUT2D eigenvalue weighted by Gasteiger charge is -2.19. The van der Waals surface area contributed by atoms with Crippen LogP contribution in [0.3, 0.4) is 0 Å². The van der Waals surface area contributed by atoms with Crippen LogP contribution in [0.25, 0.3) is 0 Å². The average molecular weight is 299 g/mol. The minimum atomic E-state index is -1.16.